The highest BCUT2D eigenvalue weighted by atomic mass is 79.9. The first-order chi connectivity index (χ1) is 14.5. The maximum Gasteiger partial charge on any atom is 0.252 e. The van der Waals surface area contributed by atoms with Gasteiger partial charge in [-0.05, 0) is 52.7 Å². The van der Waals surface area contributed by atoms with Crippen LogP contribution in [0.1, 0.15) is 32.7 Å². The van der Waals surface area contributed by atoms with Gasteiger partial charge in [0.15, 0.2) is 11.5 Å². The van der Waals surface area contributed by atoms with Crippen molar-refractivity contribution < 1.29 is 23.8 Å². The first-order valence-corrected chi connectivity index (χ1v) is 10.1. The summed E-state index contributed by atoms with van der Waals surface area (Å²) in [6, 6.07) is 8.60. The van der Waals surface area contributed by atoms with Crippen molar-refractivity contribution >= 4 is 27.7 Å². The van der Waals surface area contributed by atoms with Crippen LogP contribution in [0.2, 0.25) is 0 Å². The van der Waals surface area contributed by atoms with Gasteiger partial charge in [-0.3, -0.25) is 9.59 Å². The lowest BCUT2D eigenvalue weighted by atomic mass is 10.1. The zero-order valence-electron chi connectivity index (χ0n) is 17.2. The Bertz CT molecular complexity index is 887. The van der Waals surface area contributed by atoms with Crippen LogP contribution in [-0.2, 0) is 6.54 Å². The number of methoxy groups -OCH3 is 3. The fourth-order valence-corrected chi connectivity index (χ4v) is 3.38. The SMILES string of the molecule is COc1cc(C(=O)NCc2ccc(C(=O)NCCCN)cc2)c(Br)c(OC)c1OC. The van der Waals surface area contributed by atoms with Crippen molar-refractivity contribution in [2.75, 3.05) is 34.4 Å². The summed E-state index contributed by atoms with van der Waals surface area (Å²) in [6.45, 7) is 1.36. The zero-order valence-corrected chi connectivity index (χ0v) is 18.8. The van der Waals surface area contributed by atoms with E-state index in [-0.39, 0.29) is 18.4 Å². The average Bonchev–Trinajstić information content (AvgIpc) is 2.77. The number of rotatable bonds is 10. The Morgan fingerprint density at radius 1 is 0.967 bits per heavy atom. The molecule has 30 heavy (non-hydrogen) atoms. The molecule has 0 unspecified atom stereocenters. The van der Waals surface area contributed by atoms with Crippen LogP contribution < -0.4 is 30.6 Å². The van der Waals surface area contributed by atoms with Crippen LogP contribution in [-0.4, -0.2) is 46.2 Å². The standard InChI is InChI=1S/C21H26BrN3O5/c1-28-16-11-15(17(22)19(30-3)18(16)29-2)21(27)25-12-13-5-7-14(8-6-13)20(26)24-10-4-9-23/h5-8,11H,4,9-10,12,23H2,1-3H3,(H,24,26)(H,25,27). The fourth-order valence-electron chi connectivity index (χ4n) is 2.74. The molecule has 162 valence electrons. The molecular weight excluding hydrogens is 454 g/mol. The number of carbonyl (C=O) groups excluding carboxylic acids is 2. The van der Waals surface area contributed by atoms with E-state index in [9.17, 15) is 9.59 Å². The molecule has 0 spiro atoms. The van der Waals surface area contributed by atoms with E-state index in [2.05, 4.69) is 26.6 Å². The van der Waals surface area contributed by atoms with Gasteiger partial charge in [0.25, 0.3) is 11.8 Å². The fraction of sp³-hybridized carbons (Fsp3) is 0.333. The molecule has 2 aromatic rings. The van der Waals surface area contributed by atoms with Gasteiger partial charge in [0.05, 0.1) is 31.4 Å². The van der Waals surface area contributed by atoms with Crippen LogP contribution in [0.3, 0.4) is 0 Å². The Balaban J connectivity index is 2.08. The number of nitrogens with two attached hydrogens (primary N) is 1. The van der Waals surface area contributed by atoms with Gasteiger partial charge in [0.2, 0.25) is 5.75 Å². The molecule has 2 rings (SSSR count). The van der Waals surface area contributed by atoms with E-state index in [4.69, 9.17) is 19.9 Å². The van der Waals surface area contributed by atoms with E-state index < -0.39 is 0 Å². The molecule has 0 bridgehead atoms. The summed E-state index contributed by atoms with van der Waals surface area (Å²) in [6.07, 6.45) is 0.729. The van der Waals surface area contributed by atoms with Crippen molar-refractivity contribution in [2.45, 2.75) is 13.0 Å². The number of benzene rings is 2. The number of hydrogen-bond donors (Lipinski definition) is 3. The number of hydrogen-bond acceptors (Lipinski definition) is 6. The minimum Gasteiger partial charge on any atom is -0.493 e. The van der Waals surface area contributed by atoms with E-state index in [1.54, 1.807) is 30.3 Å². The third-order valence-electron chi connectivity index (χ3n) is 4.35. The third-order valence-corrected chi connectivity index (χ3v) is 5.14. The Labute approximate surface area is 184 Å². The van der Waals surface area contributed by atoms with Crippen molar-refractivity contribution in [3.63, 3.8) is 0 Å². The summed E-state index contributed by atoms with van der Waals surface area (Å²) in [5.41, 5.74) is 7.17. The second-order valence-corrected chi connectivity index (χ2v) is 7.08. The van der Waals surface area contributed by atoms with Crippen LogP contribution in [0.25, 0.3) is 0 Å². The Hall–Kier alpha value is -2.78. The Kier molecular flexibility index (Phi) is 8.94. The summed E-state index contributed by atoms with van der Waals surface area (Å²) in [7, 11) is 4.47. The number of carbonyl (C=O) groups is 2. The normalized spacial score (nSPS) is 10.3. The van der Waals surface area contributed by atoms with Gasteiger partial charge in [0, 0.05) is 18.7 Å². The molecule has 2 amide bonds. The molecule has 9 heteroatoms. The maximum atomic E-state index is 12.7. The molecule has 0 aromatic heterocycles. The lowest BCUT2D eigenvalue weighted by molar-refractivity contribution is 0.0942. The summed E-state index contributed by atoms with van der Waals surface area (Å²) in [4.78, 5) is 24.8. The molecule has 0 fully saturated rings. The van der Waals surface area contributed by atoms with E-state index in [1.807, 2.05) is 0 Å². The summed E-state index contributed by atoms with van der Waals surface area (Å²) in [5, 5.41) is 5.65. The van der Waals surface area contributed by atoms with E-state index >= 15 is 0 Å². The van der Waals surface area contributed by atoms with Gasteiger partial charge >= 0.3 is 0 Å². The molecule has 0 saturated carbocycles. The molecule has 0 saturated heterocycles. The van der Waals surface area contributed by atoms with E-state index in [0.29, 0.717) is 45.9 Å². The molecule has 4 N–H and O–H groups in total. The number of nitrogens with one attached hydrogen (secondary N) is 2. The van der Waals surface area contributed by atoms with Crippen LogP contribution in [0.4, 0.5) is 0 Å². The first kappa shape index (κ1) is 23.5. The molecule has 0 aliphatic carbocycles. The van der Waals surface area contributed by atoms with Gasteiger partial charge in [-0.1, -0.05) is 12.1 Å². The highest BCUT2D eigenvalue weighted by Gasteiger charge is 2.22. The molecule has 0 aliphatic rings. The van der Waals surface area contributed by atoms with Crippen molar-refractivity contribution in [3.05, 3.63) is 51.5 Å². The van der Waals surface area contributed by atoms with Crippen LogP contribution in [0, 0.1) is 0 Å². The Morgan fingerprint density at radius 2 is 1.63 bits per heavy atom. The van der Waals surface area contributed by atoms with Crippen LogP contribution in [0.5, 0.6) is 17.2 Å². The molecule has 8 nitrogen and oxygen atoms in total. The second-order valence-electron chi connectivity index (χ2n) is 6.28. The second kappa shape index (κ2) is 11.4. The number of amides is 2. The average molecular weight is 480 g/mol. The number of halogens is 1. The number of ether oxygens (including phenoxy) is 3. The minimum absolute atomic E-state index is 0.152. The topological polar surface area (TPSA) is 112 Å². The van der Waals surface area contributed by atoms with Crippen molar-refractivity contribution in [1.29, 1.82) is 0 Å². The highest BCUT2D eigenvalue weighted by molar-refractivity contribution is 9.10. The highest BCUT2D eigenvalue weighted by Crippen LogP contribution is 2.44. The summed E-state index contributed by atoms with van der Waals surface area (Å²) < 4.78 is 16.4. The van der Waals surface area contributed by atoms with Crippen LogP contribution in [0.15, 0.2) is 34.8 Å². The third kappa shape index (κ3) is 5.64. The van der Waals surface area contributed by atoms with Crippen molar-refractivity contribution in [2.24, 2.45) is 5.73 Å². The molecular formula is C21H26BrN3O5. The summed E-state index contributed by atoms with van der Waals surface area (Å²) in [5.74, 6) is 0.675. The van der Waals surface area contributed by atoms with Crippen LogP contribution >= 0.6 is 15.9 Å². The molecule has 2 aromatic carbocycles. The first-order valence-electron chi connectivity index (χ1n) is 9.30. The van der Waals surface area contributed by atoms with E-state index in [1.165, 1.54) is 21.3 Å². The monoisotopic (exact) mass is 479 g/mol. The van der Waals surface area contributed by atoms with Gasteiger partial charge in [0.1, 0.15) is 0 Å². The molecule has 0 atom stereocenters. The van der Waals surface area contributed by atoms with Gasteiger partial charge < -0.3 is 30.6 Å². The van der Waals surface area contributed by atoms with Crippen molar-refractivity contribution in [1.82, 2.24) is 10.6 Å². The molecule has 0 heterocycles. The molecule has 0 radical (unpaired) electrons. The molecule has 0 aliphatic heterocycles. The Morgan fingerprint density at radius 3 is 2.20 bits per heavy atom. The van der Waals surface area contributed by atoms with Crippen molar-refractivity contribution in [3.8, 4) is 17.2 Å². The van der Waals surface area contributed by atoms with Gasteiger partial charge in [-0.15, -0.1) is 0 Å². The minimum atomic E-state index is -0.315. The van der Waals surface area contributed by atoms with Gasteiger partial charge in [-0.25, -0.2) is 0 Å². The predicted octanol–water partition coefficient (Wildman–Crippen LogP) is 2.48. The lowest BCUT2D eigenvalue weighted by Crippen LogP contribution is -2.26. The van der Waals surface area contributed by atoms with E-state index in [0.717, 1.165) is 12.0 Å². The summed E-state index contributed by atoms with van der Waals surface area (Å²) >= 11 is 3.40. The zero-order chi connectivity index (χ0) is 22.1. The largest absolute Gasteiger partial charge is 0.493 e. The quantitative estimate of drug-likeness (QED) is 0.451. The van der Waals surface area contributed by atoms with Gasteiger partial charge in [-0.2, -0.15) is 0 Å². The maximum absolute atomic E-state index is 12.7. The lowest BCUT2D eigenvalue weighted by Gasteiger charge is -2.16. The smallest absolute Gasteiger partial charge is 0.252 e. The predicted molar refractivity (Wildman–Crippen MR) is 117 cm³/mol.